The molecule has 3 N–H and O–H groups in total. The van der Waals surface area contributed by atoms with E-state index in [2.05, 4.69) is 10.6 Å². The van der Waals surface area contributed by atoms with Crippen molar-refractivity contribution in [2.75, 3.05) is 0 Å². The number of carbonyl (C=O) groups excluding carboxylic acids is 2. The standard InChI is InChI=1S/C23H28ClFN2O4/c24-17-9-7-16(18(25)13-17)8-10-21(28)26-19(11-15-5-6-15)22(29)27-20(23(30)31)12-14-3-1-2-4-14/h7-10,13-15,19-20H,1-6,11-12H2,(H,26,28)(H,27,29)(H,30,31)/b10-8+/t19-,20-/m0/s1. The van der Waals surface area contributed by atoms with E-state index < -0.39 is 35.7 Å². The van der Waals surface area contributed by atoms with Crippen molar-refractivity contribution >= 4 is 35.5 Å². The summed E-state index contributed by atoms with van der Waals surface area (Å²) >= 11 is 5.73. The number of aliphatic carboxylic acids is 1. The highest BCUT2D eigenvalue weighted by atomic mass is 35.5. The van der Waals surface area contributed by atoms with E-state index in [9.17, 15) is 23.9 Å². The molecule has 3 rings (SSSR count). The van der Waals surface area contributed by atoms with Crippen LogP contribution in [0, 0.1) is 17.7 Å². The van der Waals surface area contributed by atoms with Crippen LogP contribution in [0.2, 0.25) is 5.02 Å². The van der Waals surface area contributed by atoms with Crippen molar-refractivity contribution in [3.63, 3.8) is 0 Å². The number of rotatable bonds is 10. The lowest BCUT2D eigenvalue weighted by atomic mass is 9.98. The summed E-state index contributed by atoms with van der Waals surface area (Å²) in [6, 6.07) is 2.33. The Bertz CT molecular complexity index is 850. The first-order chi connectivity index (χ1) is 14.8. The number of hydrogen-bond acceptors (Lipinski definition) is 3. The van der Waals surface area contributed by atoms with Crippen LogP contribution in [0.15, 0.2) is 24.3 Å². The van der Waals surface area contributed by atoms with Gasteiger partial charge >= 0.3 is 5.97 Å². The van der Waals surface area contributed by atoms with Gasteiger partial charge in [-0.15, -0.1) is 0 Å². The molecule has 2 aliphatic rings. The third-order valence-electron chi connectivity index (χ3n) is 5.93. The van der Waals surface area contributed by atoms with Crippen LogP contribution in [-0.4, -0.2) is 35.0 Å². The molecular weight excluding hydrogens is 423 g/mol. The first-order valence-corrected chi connectivity index (χ1v) is 11.2. The summed E-state index contributed by atoms with van der Waals surface area (Å²) in [5.74, 6) is -2.01. The van der Waals surface area contributed by atoms with E-state index in [0.29, 0.717) is 24.7 Å². The van der Waals surface area contributed by atoms with E-state index >= 15 is 0 Å². The zero-order valence-electron chi connectivity index (χ0n) is 17.3. The van der Waals surface area contributed by atoms with Crippen LogP contribution < -0.4 is 10.6 Å². The summed E-state index contributed by atoms with van der Waals surface area (Å²) in [7, 11) is 0. The van der Waals surface area contributed by atoms with Crippen molar-refractivity contribution in [3.8, 4) is 0 Å². The molecule has 8 heteroatoms. The van der Waals surface area contributed by atoms with E-state index in [-0.39, 0.29) is 10.6 Å². The van der Waals surface area contributed by atoms with Crippen molar-refractivity contribution < 1.29 is 23.9 Å². The molecule has 0 aliphatic heterocycles. The largest absolute Gasteiger partial charge is 0.480 e. The molecule has 2 fully saturated rings. The maximum absolute atomic E-state index is 13.9. The minimum atomic E-state index is -1.06. The van der Waals surface area contributed by atoms with Gasteiger partial charge in [0.05, 0.1) is 0 Å². The Hall–Kier alpha value is -2.41. The molecule has 0 aromatic heterocycles. The lowest BCUT2D eigenvalue weighted by molar-refractivity contribution is -0.142. The molecule has 1 aromatic carbocycles. The minimum Gasteiger partial charge on any atom is -0.480 e. The second-order valence-corrected chi connectivity index (χ2v) is 8.96. The Morgan fingerprint density at radius 1 is 1.06 bits per heavy atom. The van der Waals surface area contributed by atoms with Gasteiger partial charge in [0.25, 0.3) is 0 Å². The number of benzene rings is 1. The molecule has 2 atom stereocenters. The predicted molar refractivity (Wildman–Crippen MR) is 116 cm³/mol. The van der Waals surface area contributed by atoms with Crippen molar-refractivity contribution in [2.24, 2.45) is 11.8 Å². The topological polar surface area (TPSA) is 95.5 Å². The molecule has 0 heterocycles. The van der Waals surface area contributed by atoms with Gasteiger partial charge in [0.15, 0.2) is 0 Å². The van der Waals surface area contributed by atoms with Crippen molar-refractivity contribution in [1.29, 1.82) is 0 Å². The molecule has 1 aromatic rings. The fourth-order valence-electron chi connectivity index (χ4n) is 4.01. The predicted octanol–water partition coefficient (Wildman–Crippen LogP) is 3.93. The summed E-state index contributed by atoms with van der Waals surface area (Å²) in [6.07, 6.45) is 9.43. The molecule has 31 heavy (non-hydrogen) atoms. The summed E-state index contributed by atoms with van der Waals surface area (Å²) in [4.78, 5) is 36.8. The molecule has 0 unspecified atom stereocenters. The van der Waals surface area contributed by atoms with Gasteiger partial charge in [-0.1, -0.05) is 56.2 Å². The number of halogens is 2. The fraction of sp³-hybridized carbons (Fsp3) is 0.522. The summed E-state index contributed by atoms with van der Waals surface area (Å²) in [5, 5.41) is 15.1. The van der Waals surface area contributed by atoms with Crippen LogP contribution in [0.1, 0.15) is 56.9 Å². The van der Waals surface area contributed by atoms with Crippen molar-refractivity contribution in [3.05, 3.63) is 40.7 Å². The van der Waals surface area contributed by atoms with E-state index in [1.165, 1.54) is 18.2 Å². The number of carboxylic acids is 1. The average Bonchev–Trinajstić information content (AvgIpc) is 3.38. The molecule has 0 saturated heterocycles. The summed E-state index contributed by atoms with van der Waals surface area (Å²) in [5.41, 5.74) is 0.199. The summed E-state index contributed by atoms with van der Waals surface area (Å²) < 4.78 is 13.9. The van der Waals surface area contributed by atoms with Crippen LogP contribution in [0.5, 0.6) is 0 Å². The Balaban J connectivity index is 1.61. The molecule has 6 nitrogen and oxygen atoms in total. The van der Waals surface area contributed by atoms with Gasteiger partial charge in [-0.2, -0.15) is 0 Å². The van der Waals surface area contributed by atoms with Gasteiger partial charge in [-0.3, -0.25) is 9.59 Å². The number of carbonyl (C=O) groups is 3. The Labute approximate surface area is 186 Å². The monoisotopic (exact) mass is 450 g/mol. The third kappa shape index (κ3) is 7.35. The molecule has 168 valence electrons. The van der Waals surface area contributed by atoms with Gasteiger partial charge < -0.3 is 15.7 Å². The second-order valence-electron chi connectivity index (χ2n) is 8.53. The van der Waals surface area contributed by atoms with E-state index in [1.54, 1.807) is 0 Å². The first kappa shape index (κ1) is 23.3. The van der Waals surface area contributed by atoms with E-state index in [4.69, 9.17) is 11.6 Å². The zero-order valence-corrected chi connectivity index (χ0v) is 18.0. The maximum atomic E-state index is 13.9. The lowest BCUT2D eigenvalue weighted by Crippen LogP contribution is -2.52. The minimum absolute atomic E-state index is 0.199. The fourth-order valence-corrected chi connectivity index (χ4v) is 4.17. The molecular formula is C23H28ClFN2O4. The normalized spacial score (nSPS) is 18.6. The molecule has 2 aliphatic carbocycles. The van der Waals surface area contributed by atoms with Crippen LogP contribution >= 0.6 is 11.6 Å². The smallest absolute Gasteiger partial charge is 0.326 e. The highest BCUT2D eigenvalue weighted by Gasteiger charge is 2.33. The molecule has 0 spiro atoms. The zero-order chi connectivity index (χ0) is 22.4. The van der Waals surface area contributed by atoms with Crippen LogP contribution in [0.4, 0.5) is 4.39 Å². The Kier molecular flexibility index (Phi) is 8.07. The first-order valence-electron chi connectivity index (χ1n) is 10.8. The highest BCUT2D eigenvalue weighted by Crippen LogP contribution is 2.34. The number of carboxylic acid groups (broad SMARTS) is 1. The molecule has 2 amide bonds. The van der Waals surface area contributed by atoms with Crippen LogP contribution in [-0.2, 0) is 14.4 Å². The Morgan fingerprint density at radius 3 is 2.32 bits per heavy atom. The lowest BCUT2D eigenvalue weighted by Gasteiger charge is -2.22. The molecule has 0 radical (unpaired) electrons. The number of hydrogen-bond donors (Lipinski definition) is 3. The van der Waals surface area contributed by atoms with E-state index in [1.807, 2.05) is 0 Å². The third-order valence-corrected chi connectivity index (χ3v) is 6.17. The van der Waals surface area contributed by atoms with Crippen LogP contribution in [0.25, 0.3) is 6.08 Å². The van der Waals surface area contributed by atoms with Gasteiger partial charge in [-0.05, 0) is 42.9 Å². The quantitative estimate of drug-likeness (QED) is 0.471. The maximum Gasteiger partial charge on any atom is 0.326 e. The second kappa shape index (κ2) is 10.8. The molecule has 0 bridgehead atoms. The van der Waals surface area contributed by atoms with Gasteiger partial charge in [0.1, 0.15) is 17.9 Å². The SMILES string of the molecule is O=C(/C=C/c1ccc(Cl)cc1F)N[C@@H](CC1CC1)C(=O)N[C@@H](CC1CCCC1)C(=O)O. The summed E-state index contributed by atoms with van der Waals surface area (Å²) in [6.45, 7) is 0. The van der Waals surface area contributed by atoms with Gasteiger partial charge in [-0.25, -0.2) is 9.18 Å². The Morgan fingerprint density at radius 2 is 1.71 bits per heavy atom. The number of amides is 2. The van der Waals surface area contributed by atoms with Crippen LogP contribution in [0.3, 0.4) is 0 Å². The van der Waals surface area contributed by atoms with Crippen molar-refractivity contribution in [1.82, 2.24) is 10.6 Å². The highest BCUT2D eigenvalue weighted by molar-refractivity contribution is 6.30. The molecule has 2 saturated carbocycles. The number of nitrogens with one attached hydrogen (secondary N) is 2. The van der Waals surface area contributed by atoms with Gasteiger partial charge in [0.2, 0.25) is 11.8 Å². The van der Waals surface area contributed by atoms with Crippen molar-refractivity contribution in [2.45, 2.75) is 63.5 Å². The van der Waals surface area contributed by atoms with E-state index in [0.717, 1.165) is 50.7 Å². The van der Waals surface area contributed by atoms with Gasteiger partial charge in [0, 0.05) is 16.7 Å². The average molecular weight is 451 g/mol.